The molecule has 0 saturated carbocycles. The first-order valence-electron chi connectivity index (χ1n) is 6.02. The highest BCUT2D eigenvalue weighted by Crippen LogP contribution is 2.19. The van der Waals surface area contributed by atoms with E-state index in [2.05, 4.69) is 28.8 Å². The van der Waals surface area contributed by atoms with Crippen molar-refractivity contribution in [3.8, 4) is 0 Å². The van der Waals surface area contributed by atoms with E-state index in [1.54, 1.807) is 0 Å². The lowest BCUT2D eigenvalue weighted by molar-refractivity contribution is 0.276. The van der Waals surface area contributed by atoms with Gasteiger partial charge < -0.3 is 5.11 Å². The van der Waals surface area contributed by atoms with Crippen molar-refractivity contribution in [1.82, 2.24) is 14.5 Å². The van der Waals surface area contributed by atoms with E-state index in [0.717, 1.165) is 15.7 Å². The Morgan fingerprint density at radius 3 is 2.68 bits per heavy atom. The van der Waals surface area contributed by atoms with Crippen LogP contribution in [0.2, 0.25) is 0 Å². The fourth-order valence-corrected chi connectivity index (χ4v) is 3.40. The number of aliphatic hydroxyl groups excluding tert-OH is 1. The number of aliphatic hydroxyl groups is 1. The van der Waals surface area contributed by atoms with Crippen LogP contribution in [0.1, 0.15) is 25.3 Å². The van der Waals surface area contributed by atoms with Crippen molar-refractivity contribution >= 4 is 26.7 Å². The molecule has 110 valence electrons. The van der Waals surface area contributed by atoms with Crippen LogP contribution in [0.3, 0.4) is 0 Å². The molecule has 0 unspecified atom stereocenters. The van der Waals surface area contributed by atoms with Gasteiger partial charge in [0.2, 0.25) is 5.13 Å². The second-order valence-corrected chi connectivity index (χ2v) is 7.44. The highest BCUT2D eigenvalue weighted by Gasteiger charge is 2.19. The van der Waals surface area contributed by atoms with Crippen molar-refractivity contribution in [2.45, 2.75) is 26.7 Å². The fraction of sp³-hybridized carbons (Fsp3) is 0.800. The van der Waals surface area contributed by atoms with E-state index in [-0.39, 0.29) is 18.3 Å². The van der Waals surface area contributed by atoms with Crippen LogP contribution >= 0.6 is 11.3 Å². The Morgan fingerprint density at radius 2 is 2.11 bits per heavy atom. The molecule has 9 heteroatoms. The molecule has 7 nitrogen and oxygen atoms in total. The summed E-state index contributed by atoms with van der Waals surface area (Å²) in [5, 5.41) is 17.5. The lowest BCUT2D eigenvalue weighted by atomic mass is 10.1. The van der Waals surface area contributed by atoms with E-state index >= 15 is 0 Å². The molecule has 1 aromatic rings. The minimum atomic E-state index is -3.62. The first kappa shape index (κ1) is 16.3. The zero-order valence-corrected chi connectivity index (χ0v) is 13.0. The Labute approximate surface area is 117 Å². The quantitative estimate of drug-likeness (QED) is 0.737. The summed E-state index contributed by atoms with van der Waals surface area (Å²) < 4.78 is 27.3. The molecule has 19 heavy (non-hydrogen) atoms. The summed E-state index contributed by atoms with van der Waals surface area (Å²) in [5.74, 6) is 0.449. The number of rotatable bonds is 8. The van der Waals surface area contributed by atoms with Gasteiger partial charge >= 0.3 is 10.2 Å². The number of nitrogens with zero attached hydrogens (tertiary/aromatic N) is 3. The van der Waals surface area contributed by atoms with Crippen LogP contribution < -0.4 is 4.72 Å². The molecule has 0 spiro atoms. The van der Waals surface area contributed by atoms with Gasteiger partial charge in [0, 0.05) is 26.6 Å². The summed E-state index contributed by atoms with van der Waals surface area (Å²) in [7, 11) is -2.17. The smallest absolute Gasteiger partial charge is 0.303 e. The molecule has 0 aliphatic heterocycles. The minimum Gasteiger partial charge on any atom is -0.396 e. The number of nitrogens with one attached hydrogen (secondary N) is 1. The SMILES string of the molecule is CC(C)Cc1nnc(NS(=O)(=O)N(C)CCCO)s1. The monoisotopic (exact) mass is 308 g/mol. The maximum absolute atomic E-state index is 11.9. The summed E-state index contributed by atoms with van der Waals surface area (Å²) in [4.78, 5) is 0. The van der Waals surface area contributed by atoms with Crippen molar-refractivity contribution in [2.24, 2.45) is 5.92 Å². The second-order valence-electron chi connectivity index (χ2n) is 4.60. The molecule has 0 fully saturated rings. The zero-order valence-electron chi connectivity index (χ0n) is 11.3. The highest BCUT2D eigenvalue weighted by molar-refractivity contribution is 7.90. The topological polar surface area (TPSA) is 95.4 Å². The van der Waals surface area contributed by atoms with Crippen molar-refractivity contribution in [3.63, 3.8) is 0 Å². The predicted octanol–water partition coefficient (Wildman–Crippen LogP) is 0.708. The van der Waals surface area contributed by atoms with E-state index in [1.807, 2.05) is 0 Å². The second kappa shape index (κ2) is 7.13. The Morgan fingerprint density at radius 1 is 1.42 bits per heavy atom. The average molecular weight is 308 g/mol. The van der Waals surface area contributed by atoms with Crippen molar-refractivity contribution in [3.05, 3.63) is 5.01 Å². The molecular formula is C10H20N4O3S2. The van der Waals surface area contributed by atoms with Crippen molar-refractivity contribution < 1.29 is 13.5 Å². The number of aromatic nitrogens is 2. The van der Waals surface area contributed by atoms with Crippen LogP contribution in [-0.2, 0) is 16.6 Å². The maximum Gasteiger partial charge on any atom is 0.303 e. The van der Waals surface area contributed by atoms with Gasteiger partial charge in [0.15, 0.2) is 0 Å². The molecule has 0 bridgehead atoms. The Balaban J connectivity index is 2.65. The standard InChI is InChI=1S/C10H20N4O3S2/c1-8(2)7-9-11-12-10(18-9)13-19(16,17)14(3)5-4-6-15/h8,15H,4-7H2,1-3H3,(H,12,13). The maximum atomic E-state index is 11.9. The number of anilines is 1. The Kier molecular flexibility index (Phi) is 6.11. The lowest BCUT2D eigenvalue weighted by Gasteiger charge is -2.15. The number of hydrogen-bond donors (Lipinski definition) is 2. The summed E-state index contributed by atoms with van der Waals surface area (Å²) in [6.07, 6.45) is 1.17. The predicted molar refractivity (Wildman–Crippen MR) is 75.3 cm³/mol. The van der Waals surface area contributed by atoms with Gasteiger partial charge in [0.1, 0.15) is 5.01 Å². The zero-order chi connectivity index (χ0) is 14.5. The van der Waals surface area contributed by atoms with Crippen LogP contribution in [0.15, 0.2) is 0 Å². The van der Waals surface area contributed by atoms with Crippen LogP contribution in [0.25, 0.3) is 0 Å². The van der Waals surface area contributed by atoms with Gasteiger partial charge in [0.25, 0.3) is 0 Å². The van der Waals surface area contributed by atoms with Gasteiger partial charge in [-0.15, -0.1) is 10.2 Å². The molecular weight excluding hydrogens is 288 g/mol. The third-order valence-corrected chi connectivity index (χ3v) is 4.75. The molecule has 0 aliphatic rings. The third kappa shape index (κ3) is 5.39. The Hall–Kier alpha value is -0.770. The van der Waals surface area contributed by atoms with Gasteiger partial charge in [-0.25, -0.2) is 4.72 Å². The average Bonchev–Trinajstić information content (AvgIpc) is 2.71. The largest absolute Gasteiger partial charge is 0.396 e. The summed E-state index contributed by atoms with van der Waals surface area (Å²) in [5.41, 5.74) is 0. The van der Waals surface area contributed by atoms with E-state index in [9.17, 15) is 8.42 Å². The van der Waals surface area contributed by atoms with Gasteiger partial charge in [-0.05, 0) is 12.3 Å². The first-order chi connectivity index (χ1) is 8.85. The summed E-state index contributed by atoms with van der Waals surface area (Å²) >= 11 is 1.24. The van der Waals surface area contributed by atoms with E-state index in [0.29, 0.717) is 12.3 Å². The van der Waals surface area contributed by atoms with Gasteiger partial charge in [-0.1, -0.05) is 25.2 Å². The van der Waals surface area contributed by atoms with Gasteiger partial charge in [0.05, 0.1) is 0 Å². The molecule has 0 aromatic carbocycles. The molecule has 0 atom stereocenters. The van der Waals surface area contributed by atoms with Crippen LogP contribution in [0.5, 0.6) is 0 Å². The minimum absolute atomic E-state index is 0.0444. The third-order valence-electron chi connectivity index (χ3n) is 2.31. The van der Waals surface area contributed by atoms with E-state index < -0.39 is 10.2 Å². The van der Waals surface area contributed by atoms with Crippen LogP contribution in [0, 0.1) is 5.92 Å². The molecule has 0 radical (unpaired) electrons. The Bertz CT molecular complexity index is 487. The van der Waals surface area contributed by atoms with Crippen molar-refractivity contribution in [2.75, 3.05) is 24.9 Å². The van der Waals surface area contributed by atoms with Crippen molar-refractivity contribution in [1.29, 1.82) is 0 Å². The normalized spacial score (nSPS) is 12.3. The molecule has 2 N–H and O–H groups in total. The molecule has 1 heterocycles. The van der Waals surface area contributed by atoms with Gasteiger partial charge in [-0.3, -0.25) is 0 Å². The first-order valence-corrected chi connectivity index (χ1v) is 8.28. The van der Waals surface area contributed by atoms with Crippen LogP contribution in [-0.4, -0.2) is 48.2 Å². The molecule has 0 saturated heterocycles. The fourth-order valence-electron chi connectivity index (χ4n) is 1.33. The molecule has 0 aliphatic carbocycles. The summed E-state index contributed by atoms with van der Waals surface area (Å²) in [6.45, 7) is 4.34. The molecule has 1 aromatic heterocycles. The lowest BCUT2D eigenvalue weighted by Crippen LogP contribution is -2.33. The highest BCUT2D eigenvalue weighted by atomic mass is 32.2. The number of hydrogen-bond acceptors (Lipinski definition) is 6. The van der Waals surface area contributed by atoms with E-state index in [4.69, 9.17) is 5.11 Å². The van der Waals surface area contributed by atoms with E-state index in [1.165, 1.54) is 18.4 Å². The van der Waals surface area contributed by atoms with Crippen LogP contribution in [0.4, 0.5) is 5.13 Å². The summed E-state index contributed by atoms with van der Waals surface area (Å²) in [6, 6.07) is 0. The van der Waals surface area contributed by atoms with Gasteiger partial charge in [-0.2, -0.15) is 12.7 Å². The molecule has 0 amide bonds. The molecule has 1 rings (SSSR count).